The maximum absolute atomic E-state index is 13.5. The molecule has 0 aliphatic carbocycles. The monoisotopic (exact) mass is 505 g/mol. The number of carbonyl (C=O) groups is 4. The molecule has 0 radical (unpaired) electrons. The van der Waals surface area contributed by atoms with E-state index in [4.69, 9.17) is 5.73 Å². The van der Waals surface area contributed by atoms with Gasteiger partial charge in [-0.15, -0.1) is 0 Å². The highest BCUT2D eigenvalue weighted by molar-refractivity contribution is 5.93. The van der Waals surface area contributed by atoms with E-state index in [9.17, 15) is 19.2 Å². The number of carbonyl (C=O) groups excluding carboxylic acids is 4. The van der Waals surface area contributed by atoms with Crippen LogP contribution < -0.4 is 21.7 Å². The fraction of sp³-hybridized carbons (Fsp3) is 0.429. The van der Waals surface area contributed by atoms with Crippen LogP contribution in [0.4, 0.5) is 0 Å². The summed E-state index contributed by atoms with van der Waals surface area (Å²) in [5, 5.41) is 9.15. The molecule has 37 heavy (non-hydrogen) atoms. The van der Waals surface area contributed by atoms with Crippen LogP contribution in [0.2, 0.25) is 0 Å². The Morgan fingerprint density at radius 1 is 0.919 bits per heavy atom. The molecule has 0 saturated carbocycles. The third-order valence-electron chi connectivity index (χ3n) is 7.13. The number of primary amides is 1. The number of nitrogens with one attached hydrogen (secondary N) is 3. The Balaban J connectivity index is 1.52. The third-order valence-corrected chi connectivity index (χ3v) is 7.13. The average molecular weight is 506 g/mol. The first-order valence-corrected chi connectivity index (χ1v) is 12.9. The van der Waals surface area contributed by atoms with Crippen LogP contribution in [0.1, 0.15) is 55.7 Å². The highest BCUT2D eigenvalue weighted by Crippen LogP contribution is 2.28. The fourth-order valence-electron chi connectivity index (χ4n) is 5.24. The smallest absolute Gasteiger partial charge is 0.243 e. The molecule has 2 aromatic rings. The van der Waals surface area contributed by atoms with Crippen LogP contribution >= 0.6 is 0 Å². The maximum Gasteiger partial charge on any atom is 0.243 e. The minimum absolute atomic E-state index is 0.00878. The second-order valence-electron chi connectivity index (χ2n) is 9.67. The molecule has 2 unspecified atom stereocenters. The van der Waals surface area contributed by atoms with Crippen LogP contribution in [0.3, 0.4) is 0 Å². The van der Waals surface area contributed by atoms with Crippen molar-refractivity contribution in [1.29, 1.82) is 0 Å². The van der Waals surface area contributed by atoms with E-state index in [0.717, 1.165) is 30.5 Å². The highest BCUT2D eigenvalue weighted by Gasteiger charge is 2.41. The van der Waals surface area contributed by atoms with Crippen molar-refractivity contribution in [1.82, 2.24) is 20.9 Å². The lowest BCUT2D eigenvalue weighted by molar-refractivity contribution is -0.141. The van der Waals surface area contributed by atoms with Crippen LogP contribution in [0, 0.1) is 0 Å². The molecule has 9 nitrogen and oxygen atoms in total. The number of fused-ring (bicyclic) bond motifs is 1. The third kappa shape index (κ3) is 6.74. The van der Waals surface area contributed by atoms with Crippen molar-refractivity contribution in [3.63, 3.8) is 0 Å². The average Bonchev–Trinajstić information content (AvgIpc) is 3.32. The van der Waals surface area contributed by atoms with E-state index in [1.165, 1.54) is 0 Å². The number of benzene rings is 2. The van der Waals surface area contributed by atoms with Crippen LogP contribution in [-0.4, -0.2) is 59.7 Å². The van der Waals surface area contributed by atoms with Gasteiger partial charge in [0.2, 0.25) is 23.6 Å². The first-order valence-electron chi connectivity index (χ1n) is 12.9. The molecular formula is C28H35N5O4. The van der Waals surface area contributed by atoms with Gasteiger partial charge in [-0.1, -0.05) is 60.7 Å². The lowest BCUT2D eigenvalue weighted by atomic mass is 9.98. The number of rotatable bonds is 9. The molecule has 196 valence electrons. The van der Waals surface area contributed by atoms with Gasteiger partial charge >= 0.3 is 0 Å². The zero-order valence-electron chi connectivity index (χ0n) is 20.9. The lowest BCUT2D eigenvalue weighted by Crippen LogP contribution is -2.55. The Labute approximate surface area is 217 Å². The van der Waals surface area contributed by atoms with Gasteiger partial charge in [0.05, 0.1) is 6.04 Å². The summed E-state index contributed by atoms with van der Waals surface area (Å²) in [4.78, 5) is 53.0. The predicted octanol–water partition coefficient (Wildman–Crippen LogP) is 1.39. The van der Waals surface area contributed by atoms with Gasteiger partial charge in [0.25, 0.3) is 0 Å². The Morgan fingerprint density at radius 2 is 1.57 bits per heavy atom. The van der Waals surface area contributed by atoms with E-state index in [1.54, 1.807) is 4.90 Å². The largest absolute Gasteiger partial charge is 0.370 e. The molecule has 5 N–H and O–H groups in total. The Kier molecular flexibility index (Phi) is 8.90. The first-order chi connectivity index (χ1) is 17.9. The highest BCUT2D eigenvalue weighted by atomic mass is 16.2. The van der Waals surface area contributed by atoms with Crippen molar-refractivity contribution in [2.45, 2.75) is 62.7 Å². The van der Waals surface area contributed by atoms with Gasteiger partial charge in [0.1, 0.15) is 12.1 Å². The zero-order chi connectivity index (χ0) is 26.2. The summed E-state index contributed by atoms with van der Waals surface area (Å²) >= 11 is 0. The molecule has 2 aliphatic rings. The van der Waals surface area contributed by atoms with Crippen LogP contribution in [0.15, 0.2) is 60.7 Å². The Bertz CT molecular complexity index is 1050. The van der Waals surface area contributed by atoms with Crippen LogP contribution in [0.5, 0.6) is 0 Å². The van der Waals surface area contributed by atoms with Gasteiger partial charge < -0.3 is 26.6 Å². The molecule has 2 aliphatic heterocycles. The molecule has 2 aromatic carbocycles. The summed E-state index contributed by atoms with van der Waals surface area (Å²) in [5.41, 5.74) is 7.15. The number of amides is 4. The normalized spacial score (nSPS) is 20.5. The predicted molar refractivity (Wildman–Crippen MR) is 139 cm³/mol. The van der Waals surface area contributed by atoms with E-state index in [0.29, 0.717) is 19.4 Å². The van der Waals surface area contributed by atoms with Crippen LogP contribution in [0.25, 0.3) is 0 Å². The minimum atomic E-state index is -0.972. The van der Waals surface area contributed by atoms with Gasteiger partial charge in [-0.3, -0.25) is 19.2 Å². The minimum Gasteiger partial charge on any atom is -0.370 e. The number of nitrogens with two attached hydrogens (primary N) is 1. The molecule has 0 aromatic heterocycles. The van der Waals surface area contributed by atoms with Crippen molar-refractivity contribution < 1.29 is 19.2 Å². The summed E-state index contributed by atoms with van der Waals surface area (Å²) in [6.07, 6.45) is 2.42. The molecule has 0 bridgehead atoms. The SMILES string of the molecule is NC(=O)CC[C@H](NC(=O)C1CCC2CCNCCC(=O)N21)C(=O)NC(c1ccccc1)c1ccccc1. The van der Waals surface area contributed by atoms with Crippen molar-refractivity contribution in [3.05, 3.63) is 71.8 Å². The van der Waals surface area contributed by atoms with Gasteiger partial charge in [0, 0.05) is 25.4 Å². The molecule has 2 heterocycles. The van der Waals surface area contributed by atoms with E-state index < -0.39 is 29.9 Å². The summed E-state index contributed by atoms with van der Waals surface area (Å²) in [7, 11) is 0. The topological polar surface area (TPSA) is 134 Å². The number of hydrogen-bond donors (Lipinski definition) is 4. The van der Waals surface area contributed by atoms with Gasteiger partial charge in [-0.2, -0.15) is 0 Å². The summed E-state index contributed by atoms with van der Waals surface area (Å²) < 4.78 is 0. The lowest BCUT2D eigenvalue weighted by Gasteiger charge is -2.32. The van der Waals surface area contributed by atoms with E-state index >= 15 is 0 Å². The zero-order valence-corrected chi connectivity index (χ0v) is 20.9. The second kappa shape index (κ2) is 12.5. The molecule has 4 amide bonds. The summed E-state index contributed by atoms with van der Waals surface area (Å²) in [6, 6.07) is 17.1. The van der Waals surface area contributed by atoms with Crippen molar-refractivity contribution in [2.75, 3.05) is 13.1 Å². The Morgan fingerprint density at radius 3 is 2.19 bits per heavy atom. The van der Waals surface area contributed by atoms with Crippen molar-refractivity contribution in [2.24, 2.45) is 5.73 Å². The van der Waals surface area contributed by atoms with Gasteiger partial charge in [-0.05, 0) is 43.4 Å². The standard InChI is InChI=1S/C28H35N5O4/c29-24(34)14-12-22(31-28(37)23-13-11-21-15-17-30-18-16-25(35)33(21)23)27(36)32-26(19-7-3-1-4-8-19)20-9-5-2-6-10-20/h1-10,21-23,26,30H,11-18H2,(H2,29,34)(H,31,37)(H,32,36)/t21?,22-,23?/m0/s1. The molecular weight excluding hydrogens is 470 g/mol. The maximum atomic E-state index is 13.5. The fourth-order valence-corrected chi connectivity index (χ4v) is 5.24. The quantitative estimate of drug-likeness (QED) is 0.409. The van der Waals surface area contributed by atoms with Crippen LogP contribution in [-0.2, 0) is 19.2 Å². The number of nitrogens with zero attached hydrogens (tertiary/aromatic N) is 1. The molecule has 9 heteroatoms. The summed E-state index contributed by atoms with van der Waals surface area (Å²) in [6.45, 7) is 1.38. The summed E-state index contributed by atoms with van der Waals surface area (Å²) in [5.74, 6) is -1.39. The second-order valence-corrected chi connectivity index (χ2v) is 9.67. The first kappa shape index (κ1) is 26.3. The molecule has 3 atom stereocenters. The molecule has 2 fully saturated rings. The number of hydrogen-bond acceptors (Lipinski definition) is 5. The van der Waals surface area contributed by atoms with Crippen molar-refractivity contribution >= 4 is 23.6 Å². The van der Waals surface area contributed by atoms with E-state index in [-0.39, 0.29) is 30.7 Å². The van der Waals surface area contributed by atoms with Crippen molar-refractivity contribution in [3.8, 4) is 0 Å². The molecule has 4 rings (SSSR count). The van der Waals surface area contributed by atoms with E-state index in [2.05, 4.69) is 16.0 Å². The van der Waals surface area contributed by atoms with E-state index in [1.807, 2.05) is 60.7 Å². The van der Waals surface area contributed by atoms with Gasteiger partial charge in [0.15, 0.2) is 0 Å². The molecule has 2 saturated heterocycles. The van der Waals surface area contributed by atoms with Gasteiger partial charge in [-0.25, -0.2) is 0 Å². The Hall–Kier alpha value is -3.72. The molecule has 0 spiro atoms.